The van der Waals surface area contributed by atoms with Crippen molar-refractivity contribution in [3.63, 3.8) is 0 Å². The lowest BCUT2D eigenvalue weighted by molar-refractivity contribution is -0.140. The van der Waals surface area contributed by atoms with Gasteiger partial charge < -0.3 is 9.47 Å². The number of fused-ring (bicyclic) bond motifs is 1. The normalized spacial score (nSPS) is 15.7. The number of hydrogen-bond acceptors (Lipinski definition) is 3. The van der Waals surface area contributed by atoms with Crippen molar-refractivity contribution < 1.29 is 18.7 Å². The SMILES string of the molecule is CCCCCc1ccc(CCCCC2Cc3ccc(OC)c(F)c3OC2=O)cc1. The van der Waals surface area contributed by atoms with Crippen molar-refractivity contribution in [3.05, 3.63) is 58.9 Å². The Morgan fingerprint density at radius 1 is 1.00 bits per heavy atom. The number of carbonyl (C=O) groups is 1. The quantitative estimate of drug-likeness (QED) is 0.277. The first kappa shape index (κ1) is 21.4. The first-order valence-electron chi connectivity index (χ1n) is 10.8. The minimum atomic E-state index is -0.588. The summed E-state index contributed by atoms with van der Waals surface area (Å²) in [6, 6.07) is 12.3. The van der Waals surface area contributed by atoms with E-state index in [1.165, 1.54) is 37.5 Å². The van der Waals surface area contributed by atoms with Crippen molar-refractivity contribution in [1.82, 2.24) is 0 Å². The second-order valence-corrected chi connectivity index (χ2v) is 7.91. The van der Waals surface area contributed by atoms with E-state index in [4.69, 9.17) is 9.47 Å². The van der Waals surface area contributed by atoms with Gasteiger partial charge in [-0.25, -0.2) is 0 Å². The number of esters is 1. The van der Waals surface area contributed by atoms with Gasteiger partial charge in [0.25, 0.3) is 0 Å². The lowest BCUT2D eigenvalue weighted by atomic mass is 9.90. The summed E-state index contributed by atoms with van der Waals surface area (Å²) in [6.07, 6.45) is 9.24. The molecular weight excluding hydrogens is 367 g/mol. The third-order valence-corrected chi connectivity index (χ3v) is 5.73. The van der Waals surface area contributed by atoms with Gasteiger partial charge in [-0.15, -0.1) is 0 Å². The molecule has 0 amide bonds. The molecule has 0 fully saturated rings. The first-order valence-corrected chi connectivity index (χ1v) is 10.8. The van der Waals surface area contributed by atoms with Crippen molar-refractivity contribution in [2.75, 3.05) is 7.11 Å². The Morgan fingerprint density at radius 2 is 1.66 bits per heavy atom. The summed E-state index contributed by atoms with van der Waals surface area (Å²) in [5, 5.41) is 0. The molecule has 1 atom stereocenters. The third-order valence-electron chi connectivity index (χ3n) is 5.73. The van der Waals surface area contributed by atoms with Crippen molar-refractivity contribution >= 4 is 5.97 Å². The van der Waals surface area contributed by atoms with Gasteiger partial charge in [0.05, 0.1) is 13.0 Å². The molecule has 2 aromatic rings. The van der Waals surface area contributed by atoms with E-state index in [0.29, 0.717) is 6.42 Å². The third kappa shape index (κ3) is 5.59. The largest absolute Gasteiger partial charge is 0.494 e. The van der Waals surface area contributed by atoms with Crippen LogP contribution in [0.15, 0.2) is 36.4 Å². The van der Waals surface area contributed by atoms with Crippen LogP contribution in [0.5, 0.6) is 11.5 Å². The van der Waals surface area contributed by atoms with Crippen molar-refractivity contribution in [2.45, 2.75) is 64.7 Å². The molecule has 0 spiro atoms. The number of ether oxygens (including phenoxy) is 2. The van der Waals surface area contributed by atoms with Crippen LogP contribution in [0, 0.1) is 11.7 Å². The van der Waals surface area contributed by atoms with Crippen LogP contribution in [0.2, 0.25) is 0 Å². The molecule has 0 bridgehead atoms. The number of carbonyl (C=O) groups excluding carboxylic acids is 1. The number of halogens is 1. The molecule has 0 aliphatic carbocycles. The smallest absolute Gasteiger partial charge is 0.314 e. The fourth-order valence-corrected chi connectivity index (χ4v) is 3.93. The van der Waals surface area contributed by atoms with Gasteiger partial charge in [-0.1, -0.05) is 56.5 Å². The summed E-state index contributed by atoms with van der Waals surface area (Å²) in [5.74, 6) is -0.983. The Labute approximate surface area is 173 Å². The van der Waals surface area contributed by atoms with E-state index >= 15 is 0 Å². The van der Waals surface area contributed by atoms with Gasteiger partial charge in [-0.3, -0.25) is 4.79 Å². The van der Waals surface area contributed by atoms with Crippen LogP contribution in [0.25, 0.3) is 0 Å². The Hall–Kier alpha value is -2.36. The van der Waals surface area contributed by atoms with Gasteiger partial charge >= 0.3 is 5.97 Å². The van der Waals surface area contributed by atoms with Crippen molar-refractivity contribution in [3.8, 4) is 11.5 Å². The number of hydrogen-bond donors (Lipinski definition) is 0. The fraction of sp³-hybridized carbons (Fsp3) is 0.480. The van der Waals surface area contributed by atoms with Gasteiger partial charge in [-0.2, -0.15) is 4.39 Å². The van der Waals surface area contributed by atoms with E-state index in [0.717, 1.165) is 37.7 Å². The molecule has 1 aliphatic rings. The average Bonchev–Trinajstić information content (AvgIpc) is 2.73. The standard InChI is InChI=1S/C25H31FO3/c1-3-4-5-8-18-11-13-19(14-12-18)9-6-7-10-21-17-20-15-16-22(28-2)23(26)24(20)29-25(21)27/h11-16,21H,3-10,17H2,1-2H3. The summed E-state index contributed by atoms with van der Waals surface area (Å²) < 4.78 is 24.5. The molecule has 3 nitrogen and oxygen atoms in total. The molecule has 156 valence electrons. The first-order chi connectivity index (χ1) is 14.1. The Balaban J connectivity index is 1.45. The second kappa shape index (κ2) is 10.4. The highest BCUT2D eigenvalue weighted by Crippen LogP contribution is 2.36. The maximum absolute atomic E-state index is 14.3. The summed E-state index contributed by atoms with van der Waals surface area (Å²) in [7, 11) is 1.40. The van der Waals surface area contributed by atoms with Crippen molar-refractivity contribution in [1.29, 1.82) is 0 Å². The highest BCUT2D eigenvalue weighted by molar-refractivity contribution is 5.78. The van der Waals surface area contributed by atoms with Gasteiger partial charge in [-0.05, 0) is 61.3 Å². The summed E-state index contributed by atoms with van der Waals surface area (Å²) >= 11 is 0. The highest BCUT2D eigenvalue weighted by Gasteiger charge is 2.31. The van der Waals surface area contributed by atoms with Gasteiger partial charge in [0.2, 0.25) is 5.82 Å². The van der Waals surface area contributed by atoms with Crippen molar-refractivity contribution in [2.24, 2.45) is 5.92 Å². The minimum Gasteiger partial charge on any atom is -0.494 e. The zero-order valence-electron chi connectivity index (χ0n) is 17.5. The number of unbranched alkanes of at least 4 members (excludes halogenated alkanes) is 3. The van der Waals surface area contributed by atoms with E-state index in [-0.39, 0.29) is 23.4 Å². The predicted octanol–water partition coefficient (Wildman–Crippen LogP) is 6.06. The van der Waals surface area contributed by atoms with Crippen LogP contribution in [-0.4, -0.2) is 13.1 Å². The average molecular weight is 399 g/mol. The number of aryl methyl sites for hydroxylation is 2. The maximum Gasteiger partial charge on any atom is 0.314 e. The molecule has 29 heavy (non-hydrogen) atoms. The lowest BCUT2D eigenvalue weighted by Gasteiger charge is -2.24. The zero-order valence-corrected chi connectivity index (χ0v) is 17.5. The van der Waals surface area contributed by atoms with Crippen LogP contribution < -0.4 is 9.47 Å². The lowest BCUT2D eigenvalue weighted by Crippen LogP contribution is -2.28. The molecule has 1 aliphatic heterocycles. The topological polar surface area (TPSA) is 35.5 Å². The highest BCUT2D eigenvalue weighted by atomic mass is 19.1. The molecule has 0 aromatic heterocycles. The van der Waals surface area contributed by atoms with Crippen LogP contribution in [0.1, 0.15) is 62.1 Å². The zero-order chi connectivity index (χ0) is 20.6. The monoisotopic (exact) mass is 398 g/mol. The molecule has 0 saturated carbocycles. The van der Waals surface area contributed by atoms with Gasteiger partial charge in [0.1, 0.15) is 0 Å². The second-order valence-electron chi connectivity index (χ2n) is 7.91. The van der Waals surface area contributed by atoms with Crippen LogP contribution in [0.4, 0.5) is 4.39 Å². The molecule has 0 N–H and O–H groups in total. The molecule has 1 heterocycles. The van der Waals surface area contributed by atoms with E-state index in [9.17, 15) is 9.18 Å². The van der Waals surface area contributed by atoms with Gasteiger partial charge in [0, 0.05) is 0 Å². The van der Waals surface area contributed by atoms with Crippen LogP contribution in [-0.2, 0) is 24.1 Å². The number of methoxy groups -OCH3 is 1. The van der Waals surface area contributed by atoms with E-state index in [1.807, 2.05) is 0 Å². The molecule has 4 heteroatoms. The molecule has 1 unspecified atom stereocenters. The molecule has 3 rings (SSSR count). The minimum absolute atomic E-state index is 0.0321. The molecule has 0 saturated heterocycles. The Bertz CT molecular complexity index is 814. The summed E-state index contributed by atoms with van der Waals surface area (Å²) in [5.41, 5.74) is 3.50. The summed E-state index contributed by atoms with van der Waals surface area (Å²) in [4.78, 5) is 12.3. The molecule has 0 radical (unpaired) electrons. The number of benzene rings is 2. The van der Waals surface area contributed by atoms with E-state index in [1.54, 1.807) is 12.1 Å². The maximum atomic E-state index is 14.3. The van der Waals surface area contributed by atoms with Gasteiger partial charge in [0.15, 0.2) is 11.5 Å². The number of rotatable bonds is 10. The predicted molar refractivity (Wildman–Crippen MR) is 113 cm³/mol. The van der Waals surface area contributed by atoms with Crippen LogP contribution in [0.3, 0.4) is 0 Å². The Kier molecular flexibility index (Phi) is 7.68. The molecular formula is C25H31FO3. The fourth-order valence-electron chi connectivity index (χ4n) is 3.93. The van der Waals surface area contributed by atoms with Crippen LogP contribution >= 0.6 is 0 Å². The van der Waals surface area contributed by atoms with E-state index < -0.39 is 5.82 Å². The molecule has 2 aromatic carbocycles. The van der Waals surface area contributed by atoms with E-state index in [2.05, 4.69) is 31.2 Å². The Morgan fingerprint density at radius 3 is 2.28 bits per heavy atom. The summed E-state index contributed by atoms with van der Waals surface area (Å²) in [6.45, 7) is 2.23.